The van der Waals surface area contributed by atoms with Crippen LogP contribution < -0.4 is 0 Å². The van der Waals surface area contributed by atoms with E-state index in [0.717, 1.165) is 24.8 Å². The summed E-state index contributed by atoms with van der Waals surface area (Å²) in [5.41, 5.74) is 2.34. The molecule has 1 saturated heterocycles. The number of hydrogen-bond donors (Lipinski definition) is 0. The molecule has 1 aromatic rings. The zero-order valence-corrected chi connectivity index (χ0v) is 14.4. The van der Waals surface area contributed by atoms with Crippen LogP contribution in [0.4, 0.5) is 4.39 Å². The van der Waals surface area contributed by atoms with Gasteiger partial charge in [-0.3, -0.25) is 0 Å². The number of benzene rings is 1. The van der Waals surface area contributed by atoms with Gasteiger partial charge in [-0.25, -0.2) is 4.39 Å². The lowest BCUT2D eigenvalue weighted by Gasteiger charge is -2.28. The van der Waals surface area contributed by atoms with Crippen molar-refractivity contribution in [3.63, 3.8) is 0 Å². The fourth-order valence-electron chi connectivity index (χ4n) is 3.31. The fraction of sp³-hybridized carbons (Fsp3) is 0.524. The maximum Gasteiger partial charge on any atom is 0.183 e. The Balaban J connectivity index is 1.53. The molecular formula is C21H27FO2. The molecule has 1 aromatic carbocycles. The zero-order chi connectivity index (χ0) is 16.8. The maximum atomic E-state index is 13.1. The van der Waals surface area contributed by atoms with Crippen LogP contribution in [0.1, 0.15) is 62.4 Å². The molecule has 0 amide bonds. The Morgan fingerprint density at radius 2 is 1.83 bits per heavy atom. The van der Waals surface area contributed by atoms with Crippen LogP contribution in [0.5, 0.6) is 0 Å². The van der Waals surface area contributed by atoms with E-state index in [0.29, 0.717) is 31.5 Å². The fourth-order valence-corrected chi connectivity index (χ4v) is 3.31. The quantitative estimate of drug-likeness (QED) is 0.633. The number of ether oxygens (including phenoxy) is 2. The molecular weight excluding hydrogens is 303 g/mol. The highest BCUT2D eigenvalue weighted by Crippen LogP contribution is 2.33. The Kier molecular flexibility index (Phi) is 6.22. The van der Waals surface area contributed by atoms with Crippen LogP contribution in [0, 0.1) is 5.92 Å². The first-order valence-electron chi connectivity index (χ1n) is 9.10. The first-order valence-corrected chi connectivity index (χ1v) is 9.10. The van der Waals surface area contributed by atoms with Gasteiger partial charge in [-0.15, -0.1) is 0 Å². The molecule has 0 saturated carbocycles. The summed E-state index contributed by atoms with van der Waals surface area (Å²) in [5.74, 6) is 0.824. The highest BCUT2D eigenvalue weighted by Gasteiger charge is 2.22. The third kappa shape index (κ3) is 4.55. The van der Waals surface area contributed by atoms with Gasteiger partial charge in [0.15, 0.2) is 6.29 Å². The van der Waals surface area contributed by atoms with E-state index in [1.165, 1.54) is 12.0 Å². The molecule has 1 unspecified atom stereocenters. The van der Waals surface area contributed by atoms with Gasteiger partial charge in [-0.2, -0.15) is 0 Å². The lowest BCUT2D eigenvalue weighted by Crippen LogP contribution is -2.25. The van der Waals surface area contributed by atoms with Gasteiger partial charge in [-0.05, 0) is 37.2 Å². The van der Waals surface area contributed by atoms with Gasteiger partial charge in [-0.1, -0.05) is 55.8 Å². The van der Waals surface area contributed by atoms with Crippen molar-refractivity contribution >= 4 is 0 Å². The van der Waals surface area contributed by atoms with E-state index < -0.39 is 0 Å². The van der Waals surface area contributed by atoms with Crippen molar-refractivity contribution in [2.45, 2.75) is 51.2 Å². The van der Waals surface area contributed by atoms with E-state index in [-0.39, 0.29) is 12.1 Å². The minimum absolute atomic E-state index is 0.0365. The molecule has 0 N–H and O–H groups in total. The lowest BCUT2D eigenvalue weighted by atomic mass is 9.87. The number of halogens is 1. The van der Waals surface area contributed by atoms with Gasteiger partial charge in [0.05, 0.1) is 19.0 Å². The maximum absolute atomic E-state index is 13.1. The molecule has 2 nitrogen and oxygen atoms in total. The van der Waals surface area contributed by atoms with E-state index in [9.17, 15) is 4.39 Å². The van der Waals surface area contributed by atoms with Crippen LogP contribution >= 0.6 is 0 Å². The summed E-state index contributed by atoms with van der Waals surface area (Å²) in [5, 5.41) is 0. The first kappa shape index (κ1) is 17.4. The molecule has 3 rings (SSSR count). The highest BCUT2D eigenvalue weighted by atomic mass is 19.1. The molecule has 130 valence electrons. The molecule has 3 heteroatoms. The van der Waals surface area contributed by atoms with Crippen LogP contribution in [-0.2, 0) is 9.47 Å². The Hall–Kier alpha value is -1.45. The van der Waals surface area contributed by atoms with Gasteiger partial charge in [0.1, 0.15) is 0 Å². The number of unbranched alkanes of at least 4 members (excludes halogenated alkanes) is 1. The average Bonchev–Trinajstić information content (AvgIpc) is 2.63. The van der Waals surface area contributed by atoms with Gasteiger partial charge < -0.3 is 9.47 Å². The van der Waals surface area contributed by atoms with Crippen LogP contribution in [0.15, 0.2) is 48.3 Å². The molecule has 1 atom stereocenters. The molecule has 2 aliphatic rings. The normalized spacial score (nSPS) is 28.1. The molecule has 0 spiro atoms. The zero-order valence-electron chi connectivity index (χ0n) is 14.4. The summed E-state index contributed by atoms with van der Waals surface area (Å²) in [7, 11) is 0. The molecule has 0 aromatic heterocycles. The van der Waals surface area contributed by atoms with Crippen LogP contribution in [-0.4, -0.2) is 13.2 Å². The monoisotopic (exact) mass is 330 g/mol. The van der Waals surface area contributed by atoms with E-state index in [1.54, 1.807) is 6.08 Å². The van der Waals surface area contributed by atoms with E-state index in [2.05, 4.69) is 43.3 Å². The molecule has 24 heavy (non-hydrogen) atoms. The molecule has 0 radical (unpaired) electrons. The Labute approximate surface area is 144 Å². The number of allylic oxidation sites excluding steroid dienone is 3. The second kappa shape index (κ2) is 8.59. The average molecular weight is 330 g/mol. The summed E-state index contributed by atoms with van der Waals surface area (Å²) in [6, 6.07) is 8.44. The predicted molar refractivity (Wildman–Crippen MR) is 94.4 cm³/mol. The summed E-state index contributed by atoms with van der Waals surface area (Å²) >= 11 is 0. The van der Waals surface area contributed by atoms with E-state index in [4.69, 9.17) is 9.47 Å². The molecule has 1 aliphatic carbocycles. The smallest absolute Gasteiger partial charge is 0.183 e. The third-order valence-corrected chi connectivity index (χ3v) is 4.82. The van der Waals surface area contributed by atoms with Gasteiger partial charge in [0, 0.05) is 11.5 Å². The second-order valence-corrected chi connectivity index (χ2v) is 6.76. The second-order valence-electron chi connectivity index (χ2n) is 6.76. The van der Waals surface area contributed by atoms with Gasteiger partial charge >= 0.3 is 0 Å². The standard InChI is InChI=1S/C21H27FO2/c1-2-3-4-5-16-14-23-21(24-15-16)19-8-6-17(7-9-19)18-10-12-20(22)13-11-18/h4-9,12,16,18,21H,2-3,10-11,13-15H2,1H3/b5-4+. The van der Waals surface area contributed by atoms with Crippen LogP contribution in [0.25, 0.3) is 0 Å². The molecule has 1 fully saturated rings. The molecule has 1 aliphatic heterocycles. The van der Waals surface area contributed by atoms with Gasteiger partial charge in [0.2, 0.25) is 0 Å². The van der Waals surface area contributed by atoms with Gasteiger partial charge in [0.25, 0.3) is 0 Å². The summed E-state index contributed by atoms with van der Waals surface area (Å²) < 4.78 is 24.9. The topological polar surface area (TPSA) is 18.5 Å². The van der Waals surface area contributed by atoms with Crippen LogP contribution in [0.3, 0.4) is 0 Å². The lowest BCUT2D eigenvalue weighted by molar-refractivity contribution is -0.197. The number of rotatable bonds is 5. The van der Waals surface area contributed by atoms with Crippen molar-refractivity contribution in [3.05, 3.63) is 59.4 Å². The minimum atomic E-state index is -0.265. The predicted octanol–water partition coefficient (Wildman–Crippen LogP) is 5.83. The minimum Gasteiger partial charge on any atom is -0.348 e. The van der Waals surface area contributed by atoms with E-state index in [1.807, 2.05) is 0 Å². The van der Waals surface area contributed by atoms with E-state index >= 15 is 0 Å². The largest absolute Gasteiger partial charge is 0.348 e. The van der Waals surface area contributed by atoms with Crippen molar-refractivity contribution < 1.29 is 13.9 Å². The summed E-state index contributed by atoms with van der Waals surface area (Å²) in [6.45, 7) is 3.59. The van der Waals surface area contributed by atoms with Crippen molar-refractivity contribution in [1.29, 1.82) is 0 Å². The summed E-state index contributed by atoms with van der Waals surface area (Å²) in [6.07, 6.45) is 10.4. The Bertz CT molecular complexity index is 568. The third-order valence-electron chi connectivity index (χ3n) is 4.82. The van der Waals surface area contributed by atoms with Crippen molar-refractivity contribution in [2.24, 2.45) is 5.92 Å². The molecule has 1 heterocycles. The first-order chi connectivity index (χ1) is 11.8. The Morgan fingerprint density at radius 1 is 1.12 bits per heavy atom. The van der Waals surface area contributed by atoms with Crippen LogP contribution in [0.2, 0.25) is 0 Å². The van der Waals surface area contributed by atoms with Crippen molar-refractivity contribution in [3.8, 4) is 0 Å². The van der Waals surface area contributed by atoms with Crippen molar-refractivity contribution in [2.75, 3.05) is 13.2 Å². The molecule has 0 bridgehead atoms. The SMILES string of the molecule is CCC/C=C/C1COC(c2ccc(C3CC=C(F)CC3)cc2)OC1. The highest BCUT2D eigenvalue weighted by molar-refractivity contribution is 5.28. The summed E-state index contributed by atoms with van der Waals surface area (Å²) in [4.78, 5) is 0. The van der Waals surface area contributed by atoms with Crippen molar-refractivity contribution in [1.82, 2.24) is 0 Å². The number of hydrogen-bond acceptors (Lipinski definition) is 2. The Morgan fingerprint density at radius 3 is 2.46 bits per heavy atom.